The molecule has 0 atom stereocenters. The molecule has 100 valence electrons. The summed E-state index contributed by atoms with van der Waals surface area (Å²) in [4.78, 5) is 0. The van der Waals surface area contributed by atoms with Crippen molar-refractivity contribution in [2.45, 2.75) is 13.2 Å². The largest absolute Gasteiger partial charge is 0.375 e. The molecule has 2 aromatic rings. The first kappa shape index (κ1) is 14.3. The molecule has 0 amide bonds. The third-order valence-corrected chi connectivity index (χ3v) is 3.58. The second-order valence-electron chi connectivity index (χ2n) is 4.31. The smallest absolute Gasteiger partial charge is 0.0728 e. The average molecular weight is 320 g/mol. The lowest BCUT2D eigenvalue weighted by molar-refractivity contribution is 0.122. The maximum absolute atomic E-state index is 5.65. The van der Waals surface area contributed by atoms with Crippen LogP contribution in [-0.2, 0) is 17.9 Å². The van der Waals surface area contributed by atoms with Crippen LogP contribution in [0.25, 0.3) is 0 Å². The molecule has 0 fully saturated rings. The van der Waals surface area contributed by atoms with E-state index in [1.807, 2.05) is 24.3 Å². The molecule has 2 nitrogen and oxygen atoms in total. The van der Waals surface area contributed by atoms with Crippen LogP contribution in [0.1, 0.15) is 11.1 Å². The quantitative estimate of drug-likeness (QED) is 0.785. The molecule has 19 heavy (non-hydrogen) atoms. The van der Waals surface area contributed by atoms with Gasteiger partial charge in [-0.3, -0.25) is 0 Å². The van der Waals surface area contributed by atoms with Gasteiger partial charge >= 0.3 is 0 Å². The Hall–Kier alpha value is -1.16. The van der Waals surface area contributed by atoms with E-state index in [1.54, 1.807) is 0 Å². The average Bonchev–Trinajstić information content (AvgIpc) is 2.45. The van der Waals surface area contributed by atoms with Crippen molar-refractivity contribution in [1.82, 2.24) is 5.32 Å². The van der Waals surface area contributed by atoms with Crippen molar-refractivity contribution in [3.63, 3.8) is 0 Å². The summed E-state index contributed by atoms with van der Waals surface area (Å²) in [5.74, 6) is 0. The van der Waals surface area contributed by atoms with E-state index in [2.05, 4.69) is 51.6 Å². The van der Waals surface area contributed by atoms with E-state index in [1.165, 1.54) is 11.1 Å². The standard InChI is InChI=1S/C16H18BrNO/c17-16-9-5-4-8-15(16)13-19-11-10-18-12-14-6-2-1-3-7-14/h1-9,18H,10-13H2. The van der Waals surface area contributed by atoms with Crippen LogP contribution in [0.2, 0.25) is 0 Å². The van der Waals surface area contributed by atoms with Crippen molar-refractivity contribution in [1.29, 1.82) is 0 Å². The molecule has 0 radical (unpaired) electrons. The Balaban J connectivity index is 1.59. The van der Waals surface area contributed by atoms with Crippen LogP contribution in [0.5, 0.6) is 0 Å². The highest BCUT2D eigenvalue weighted by atomic mass is 79.9. The van der Waals surface area contributed by atoms with Crippen LogP contribution in [0.3, 0.4) is 0 Å². The summed E-state index contributed by atoms with van der Waals surface area (Å²) in [6.07, 6.45) is 0. The monoisotopic (exact) mass is 319 g/mol. The maximum atomic E-state index is 5.65. The minimum Gasteiger partial charge on any atom is -0.375 e. The summed E-state index contributed by atoms with van der Waals surface area (Å²) < 4.78 is 6.75. The molecule has 0 heterocycles. The lowest BCUT2D eigenvalue weighted by Gasteiger charge is -2.07. The zero-order valence-corrected chi connectivity index (χ0v) is 12.4. The zero-order chi connectivity index (χ0) is 13.3. The molecule has 0 saturated heterocycles. The van der Waals surface area contributed by atoms with E-state index in [4.69, 9.17) is 4.74 Å². The number of ether oxygens (including phenoxy) is 1. The molecule has 0 aliphatic rings. The van der Waals surface area contributed by atoms with Gasteiger partial charge in [-0.2, -0.15) is 0 Å². The van der Waals surface area contributed by atoms with Gasteiger partial charge in [-0.25, -0.2) is 0 Å². The second-order valence-corrected chi connectivity index (χ2v) is 5.16. The summed E-state index contributed by atoms with van der Waals surface area (Å²) in [7, 11) is 0. The van der Waals surface area contributed by atoms with Crippen LogP contribution in [0.4, 0.5) is 0 Å². The topological polar surface area (TPSA) is 21.3 Å². The first-order valence-electron chi connectivity index (χ1n) is 6.42. The van der Waals surface area contributed by atoms with Crippen molar-refractivity contribution in [2.75, 3.05) is 13.2 Å². The van der Waals surface area contributed by atoms with Gasteiger partial charge in [0.15, 0.2) is 0 Å². The first-order valence-corrected chi connectivity index (χ1v) is 7.21. The van der Waals surface area contributed by atoms with Gasteiger partial charge in [0.25, 0.3) is 0 Å². The normalized spacial score (nSPS) is 10.6. The van der Waals surface area contributed by atoms with Gasteiger partial charge in [0.2, 0.25) is 0 Å². The van der Waals surface area contributed by atoms with E-state index in [0.717, 1.165) is 17.6 Å². The minimum atomic E-state index is 0.647. The molecular weight excluding hydrogens is 302 g/mol. The van der Waals surface area contributed by atoms with Crippen molar-refractivity contribution in [3.8, 4) is 0 Å². The van der Waals surface area contributed by atoms with Crippen LogP contribution in [-0.4, -0.2) is 13.2 Å². The number of hydrogen-bond acceptors (Lipinski definition) is 2. The van der Waals surface area contributed by atoms with Gasteiger partial charge in [-0.05, 0) is 17.2 Å². The van der Waals surface area contributed by atoms with Gasteiger partial charge in [0, 0.05) is 17.6 Å². The van der Waals surface area contributed by atoms with Crippen molar-refractivity contribution < 1.29 is 4.74 Å². The highest BCUT2D eigenvalue weighted by molar-refractivity contribution is 9.10. The lowest BCUT2D eigenvalue weighted by atomic mass is 10.2. The Labute approximate surface area is 122 Å². The Kier molecular flexibility index (Phi) is 6.08. The molecule has 0 saturated carbocycles. The highest BCUT2D eigenvalue weighted by Gasteiger charge is 1.98. The fourth-order valence-electron chi connectivity index (χ4n) is 1.77. The van der Waals surface area contributed by atoms with Gasteiger partial charge in [-0.15, -0.1) is 0 Å². The number of nitrogens with one attached hydrogen (secondary N) is 1. The SMILES string of the molecule is Brc1ccccc1COCCNCc1ccccc1. The summed E-state index contributed by atoms with van der Waals surface area (Å²) in [5, 5.41) is 3.37. The summed E-state index contributed by atoms with van der Waals surface area (Å²) >= 11 is 3.51. The number of benzene rings is 2. The van der Waals surface area contributed by atoms with Gasteiger partial charge in [-0.1, -0.05) is 64.5 Å². The van der Waals surface area contributed by atoms with Crippen LogP contribution in [0.15, 0.2) is 59.1 Å². The van der Waals surface area contributed by atoms with Crippen molar-refractivity contribution >= 4 is 15.9 Å². The molecule has 0 bridgehead atoms. The highest BCUT2D eigenvalue weighted by Crippen LogP contribution is 2.16. The van der Waals surface area contributed by atoms with E-state index in [-0.39, 0.29) is 0 Å². The molecule has 0 aliphatic carbocycles. The van der Waals surface area contributed by atoms with Gasteiger partial charge in [0.05, 0.1) is 13.2 Å². The van der Waals surface area contributed by atoms with Crippen LogP contribution < -0.4 is 5.32 Å². The second kappa shape index (κ2) is 8.10. The Morgan fingerprint density at radius 1 is 0.947 bits per heavy atom. The predicted molar refractivity (Wildman–Crippen MR) is 81.9 cm³/mol. The molecule has 0 aliphatic heterocycles. The zero-order valence-electron chi connectivity index (χ0n) is 10.8. The van der Waals surface area contributed by atoms with Crippen LogP contribution in [0, 0.1) is 0 Å². The maximum Gasteiger partial charge on any atom is 0.0728 e. The molecule has 0 spiro atoms. The van der Waals surface area contributed by atoms with Gasteiger partial charge in [0.1, 0.15) is 0 Å². The van der Waals surface area contributed by atoms with Crippen molar-refractivity contribution in [2.24, 2.45) is 0 Å². The van der Waals surface area contributed by atoms with E-state index < -0.39 is 0 Å². The number of halogens is 1. The fraction of sp³-hybridized carbons (Fsp3) is 0.250. The molecule has 2 aromatic carbocycles. The summed E-state index contributed by atoms with van der Waals surface area (Å²) in [6, 6.07) is 18.5. The summed E-state index contributed by atoms with van der Waals surface area (Å²) in [5.41, 5.74) is 2.49. The molecular formula is C16H18BrNO. The lowest BCUT2D eigenvalue weighted by Crippen LogP contribution is -2.19. The third-order valence-electron chi connectivity index (χ3n) is 2.81. The van der Waals surface area contributed by atoms with E-state index >= 15 is 0 Å². The number of hydrogen-bond donors (Lipinski definition) is 1. The molecule has 0 unspecified atom stereocenters. The molecule has 2 rings (SSSR count). The summed E-state index contributed by atoms with van der Waals surface area (Å²) in [6.45, 7) is 3.11. The Morgan fingerprint density at radius 3 is 2.47 bits per heavy atom. The number of rotatable bonds is 7. The van der Waals surface area contributed by atoms with Crippen LogP contribution >= 0.6 is 15.9 Å². The van der Waals surface area contributed by atoms with E-state index in [0.29, 0.717) is 13.2 Å². The Bertz CT molecular complexity index is 487. The first-order chi connectivity index (χ1) is 9.36. The Morgan fingerprint density at radius 2 is 1.68 bits per heavy atom. The minimum absolute atomic E-state index is 0.647. The third kappa shape index (κ3) is 5.15. The van der Waals surface area contributed by atoms with Gasteiger partial charge < -0.3 is 10.1 Å². The van der Waals surface area contributed by atoms with Crippen molar-refractivity contribution in [3.05, 3.63) is 70.2 Å². The molecule has 3 heteroatoms. The van der Waals surface area contributed by atoms with E-state index in [9.17, 15) is 0 Å². The predicted octanol–water partition coefficient (Wildman–Crippen LogP) is 3.76. The molecule has 0 aromatic heterocycles. The molecule has 1 N–H and O–H groups in total. The fourth-order valence-corrected chi connectivity index (χ4v) is 2.17.